The predicted molar refractivity (Wildman–Crippen MR) is 58.6 cm³/mol. The van der Waals surface area contributed by atoms with Crippen molar-refractivity contribution >= 4 is 6.09 Å². The summed E-state index contributed by atoms with van der Waals surface area (Å²) in [5, 5.41) is 2.97. The Bertz CT molecular complexity index is 282. The summed E-state index contributed by atoms with van der Waals surface area (Å²) in [4.78, 5) is 11.5. The Morgan fingerprint density at radius 1 is 1.47 bits per heavy atom. The van der Waals surface area contributed by atoms with Crippen LogP contribution in [0.4, 0.5) is 4.79 Å². The molecule has 0 bridgehead atoms. The average molecular weight is 211 g/mol. The fourth-order valence-corrected chi connectivity index (χ4v) is 2.84. The molecule has 1 amide bonds. The maximum atomic E-state index is 11.5. The van der Waals surface area contributed by atoms with Crippen LogP contribution in [0.2, 0.25) is 0 Å². The summed E-state index contributed by atoms with van der Waals surface area (Å²) >= 11 is 0. The Hall–Kier alpha value is -0.730. The first kappa shape index (κ1) is 10.8. The van der Waals surface area contributed by atoms with Crippen LogP contribution >= 0.6 is 0 Å². The van der Waals surface area contributed by atoms with Gasteiger partial charge in [-0.05, 0) is 51.4 Å². The van der Waals surface area contributed by atoms with Gasteiger partial charge < -0.3 is 10.1 Å². The highest BCUT2D eigenvalue weighted by molar-refractivity contribution is 5.68. The summed E-state index contributed by atoms with van der Waals surface area (Å²) in [7, 11) is 0. The third-order valence-corrected chi connectivity index (χ3v) is 3.80. The van der Waals surface area contributed by atoms with Gasteiger partial charge in [0.1, 0.15) is 5.60 Å². The van der Waals surface area contributed by atoms with E-state index in [9.17, 15) is 4.79 Å². The number of hydrogen-bond donors (Lipinski definition) is 1. The molecule has 0 aromatic rings. The number of carbonyl (C=O) groups excluding carboxylic acids is 1. The maximum Gasteiger partial charge on any atom is 0.407 e. The van der Waals surface area contributed by atoms with Crippen molar-refractivity contribution < 1.29 is 9.53 Å². The van der Waals surface area contributed by atoms with Gasteiger partial charge in [0.15, 0.2) is 0 Å². The van der Waals surface area contributed by atoms with Gasteiger partial charge in [-0.3, -0.25) is 0 Å². The summed E-state index contributed by atoms with van der Waals surface area (Å²) in [6.07, 6.45) is 3.44. The molecule has 3 nitrogen and oxygen atoms in total. The Labute approximate surface area is 91.6 Å². The highest BCUT2D eigenvalue weighted by atomic mass is 16.6. The predicted octanol–water partition coefficient (Wildman–Crippen LogP) is 2.70. The van der Waals surface area contributed by atoms with Gasteiger partial charge >= 0.3 is 6.09 Å². The van der Waals surface area contributed by atoms with Crippen LogP contribution in [0.15, 0.2) is 0 Å². The zero-order chi connectivity index (χ0) is 11.3. The van der Waals surface area contributed by atoms with Crippen molar-refractivity contribution in [3.05, 3.63) is 0 Å². The second kappa shape index (κ2) is 3.13. The first-order chi connectivity index (χ1) is 6.80. The van der Waals surface area contributed by atoms with Gasteiger partial charge in [0.2, 0.25) is 0 Å². The number of nitrogens with one attached hydrogen (secondary N) is 1. The lowest BCUT2D eigenvalue weighted by Crippen LogP contribution is -2.63. The Morgan fingerprint density at radius 2 is 2.13 bits per heavy atom. The van der Waals surface area contributed by atoms with E-state index in [1.807, 2.05) is 20.8 Å². The quantitative estimate of drug-likeness (QED) is 0.724. The summed E-state index contributed by atoms with van der Waals surface area (Å²) in [6, 6.07) is 0.360. The van der Waals surface area contributed by atoms with Crippen molar-refractivity contribution in [2.75, 3.05) is 0 Å². The highest BCUT2D eigenvalue weighted by Crippen LogP contribution is 2.60. The number of alkyl carbamates (subject to hydrolysis) is 1. The Balaban J connectivity index is 1.77. The van der Waals surface area contributed by atoms with Gasteiger partial charge in [-0.1, -0.05) is 6.92 Å². The monoisotopic (exact) mass is 211 g/mol. The largest absolute Gasteiger partial charge is 0.444 e. The Morgan fingerprint density at radius 3 is 2.47 bits per heavy atom. The van der Waals surface area contributed by atoms with E-state index in [1.165, 1.54) is 12.8 Å². The number of ether oxygens (including phenoxy) is 1. The van der Waals surface area contributed by atoms with Crippen molar-refractivity contribution in [3.8, 4) is 0 Å². The Kier molecular flexibility index (Phi) is 2.25. The molecule has 1 N–H and O–H groups in total. The van der Waals surface area contributed by atoms with E-state index in [1.54, 1.807) is 0 Å². The molecular weight excluding hydrogens is 190 g/mol. The SMILES string of the molecule is CC(C)(C)OC(=O)N[C@@H]1CC2(C)CC[C@@H]12. The normalized spacial score (nSPS) is 38.4. The van der Waals surface area contributed by atoms with Gasteiger partial charge in [0, 0.05) is 6.04 Å². The van der Waals surface area contributed by atoms with E-state index >= 15 is 0 Å². The summed E-state index contributed by atoms with van der Waals surface area (Å²) in [6.45, 7) is 7.98. The molecule has 0 heterocycles. The van der Waals surface area contributed by atoms with Crippen LogP contribution in [0.3, 0.4) is 0 Å². The first-order valence-electron chi connectivity index (χ1n) is 5.80. The minimum absolute atomic E-state index is 0.263. The number of fused-ring (bicyclic) bond motifs is 1. The standard InChI is InChI=1S/C12H21NO2/c1-11(2,3)15-10(14)13-9-7-12(4)6-5-8(9)12/h8-9H,5-7H2,1-4H3,(H,13,14)/t8-,9+,12?/m0/s1. The molecule has 2 saturated carbocycles. The van der Waals surface area contributed by atoms with E-state index in [4.69, 9.17) is 4.74 Å². The van der Waals surface area contributed by atoms with Crippen molar-refractivity contribution in [3.63, 3.8) is 0 Å². The molecule has 2 aliphatic rings. The molecule has 15 heavy (non-hydrogen) atoms. The highest BCUT2D eigenvalue weighted by Gasteiger charge is 2.57. The molecule has 3 atom stereocenters. The molecule has 0 radical (unpaired) electrons. The fourth-order valence-electron chi connectivity index (χ4n) is 2.84. The molecule has 0 saturated heterocycles. The second-order valence-electron chi connectivity index (χ2n) is 6.26. The molecule has 3 heteroatoms. The molecule has 2 fully saturated rings. The van der Waals surface area contributed by atoms with Gasteiger partial charge in [-0.25, -0.2) is 4.79 Å². The smallest absolute Gasteiger partial charge is 0.407 e. The lowest BCUT2D eigenvalue weighted by Gasteiger charge is -2.61. The number of rotatable bonds is 1. The van der Waals surface area contributed by atoms with Crippen LogP contribution in [-0.4, -0.2) is 17.7 Å². The molecule has 0 aromatic carbocycles. The third-order valence-electron chi connectivity index (χ3n) is 3.80. The lowest BCUT2D eigenvalue weighted by atomic mass is 9.46. The van der Waals surface area contributed by atoms with Crippen LogP contribution < -0.4 is 5.32 Å². The number of hydrogen-bond acceptors (Lipinski definition) is 2. The molecule has 2 rings (SSSR count). The van der Waals surface area contributed by atoms with Crippen molar-refractivity contribution in [2.24, 2.45) is 11.3 Å². The first-order valence-corrected chi connectivity index (χ1v) is 5.80. The number of carbonyl (C=O) groups is 1. The zero-order valence-electron chi connectivity index (χ0n) is 10.1. The summed E-state index contributed by atoms with van der Waals surface area (Å²) < 4.78 is 5.23. The molecular formula is C12H21NO2. The van der Waals surface area contributed by atoms with Crippen LogP contribution in [0, 0.1) is 11.3 Å². The van der Waals surface area contributed by atoms with Gasteiger partial charge in [-0.15, -0.1) is 0 Å². The number of amides is 1. The van der Waals surface area contributed by atoms with Crippen LogP contribution in [0.5, 0.6) is 0 Å². The van der Waals surface area contributed by atoms with E-state index in [0.29, 0.717) is 17.4 Å². The molecule has 0 spiro atoms. The van der Waals surface area contributed by atoms with E-state index in [0.717, 1.165) is 6.42 Å². The summed E-state index contributed by atoms with van der Waals surface area (Å²) in [5.74, 6) is 0.699. The lowest BCUT2D eigenvalue weighted by molar-refractivity contribution is -0.0919. The fraction of sp³-hybridized carbons (Fsp3) is 0.917. The van der Waals surface area contributed by atoms with Crippen molar-refractivity contribution in [1.82, 2.24) is 5.32 Å². The molecule has 0 aliphatic heterocycles. The summed E-state index contributed by atoms with van der Waals surface area (Å²) in [5.41, 5.74) is 0.135. The molecule has 0 aromatic heterocycles. The minimum atomic E-state index is -0.392. The van der Waals surface area contributed by atoms with E-state index in [-0.39, 0.29) is 6.09 Å². The van der Waals surface area contributed by atoms with Gasteiger partial charge in [0.25, 0.3) is 0 Å². The molecule has 2 aliphatic carbocycles. The van der Waals surface area contributed by atoms with E-state index in [2.05, 4.69) is 12.2 Å². The molecule has 1 unspecified atom stereocenters. The zero-order valence-corrected chi connectivity index (χ0v) is 10.1. The van der Waals surface area contributed by atoms with Crippen LogP contribution in [0.25, 0.3) is 0 Å². The third kappa shape index (κ3) is 1.97. The van der Waals surface area contributed by atoms with Crippen molar-refractivity contribution in [1.29, 1.82) is 0 Å². The maximum absolute atomic E-state index is 11.5. The van der Waals surface area contributed by atoms with Gasteiger partial charge in [-0.2, -0.15) is 0 Å². The van der Waals surface area contributed by atoms with Crippen molar-refractivity contribution in [2.45, 2.75) is 58.6 Å². The van der Waals surface area contributed by atoms with E-state index < -0.39 is 5.60 Å². The second-order valence-corrected chi connectivity index (χ2v) is 6.26. The topological polar surface area (TPSA) is 38.3 Å². The average Bonchev–Trinajstić information content (AvgIpc) is 1.98. The van der Waals surface area contributed by atoms with Gasteiger partial charge in [0.05, 0.1) is 0 Å². The molecule has 86 valence electrons. The van der Waals surface area contributed by atoms with Crippen LogP contribution in [-0.2, 0) is 4.74 Å². The minimum Gasteiger partial charge on any atom is -0.444 e. The van der Waals surface area contributed by atoms with Crippen LogP contribution in [0.1, 0.15) is 47.0 Å².